The van der Waals surface area contributed by atoms with Crippen LogP contribution in [0.3, 0.4) is 0 Å². The summed E-state index contributed by atoms with van der Waals surface area (Å²) in [5.41, 5.74) is 0.859. The second-order valence-electron chi connectivity index (χ2n) is 5.87. The van der Waals surface area contributed by atoms with Crippen molar-refractivity contribution in [3.8, 4) is 0 Å². The number of ether oxygens (including phenoxy) is 1. The molecule has 2 aromatic rings. The minimum Gasteiger partial charge on any atom is -0.453 e. The van der Waals surface area contributed by atoms with Crippen molar-refractivity contribution in [2.45, 2.75) is 30.8 Å². The first-order chi connectivity index (χ1) is 13.3. The van der Waals surface area contributed by atoms with Gasteiger partial charge in [-0.2, -0.15) is 0 Å². The van der Waals surface area contributed by atoms with Crippen molar-refractivity contribution in [2.24, 2.45) is 0 Å². The lowest BCUT2D eigenvalue weighted by Crippen LogP contribution is -2.30. The number of carbonyl (C=O) groups excluding carboxylic acids is 3. The third-order valence-electron chi connectivity index (χ3n) is 3.86. The normalized spacial score (nSPS) is 11.6. The van der Waals surface area contributed by atoms with E-state index < -0.39 is 18.0 Å². The molecule has 0 radical (unpaired) electrons. The lowest BCUT2D eigenvalue weighted by atomic mass is 10.1. The van der Waals surface area contributed by atoms with Gasteiger partial charge in [0.1, 0.15) is 0 Å². The number of ketones is 1. The van der Waals surface area contributed by atoms with E-state index in [-0.39, 0.29) is 23.6 Å². The maximum absolute atomic E-state index is 12.2. The van der Waals surface area contributed by atoms with Crippen LogP contribution in [0.4, 0.5) is 5.69 Å². The number of nitrogens with one attached hydrogen (secondary N) is 1. The van der Waals surface area contributed by atoms with Gasteiger partial charge in [-0.15, -0.1) is 11.8 Å². The first-order valence-corrected chi connectivity index (χ1v) is 10.4. The first kappa shape index (κ1) is 22.3. The van der Waals surface area contributed by atoms with Crippen LogP contribution >= 0.6 is 35.0 Å². The van der Waals surface area contributed by atoms with Gasteiger partial charge in [0.05, 0.1) is 22.2 Å². The predicted octanol–water partition coefficient (Wildman–Crippen LogP) is 5.25. The standard InChI is InChI=1S/C20H19Cl2NO4S/c1-12(20(26)23-16-5-3-4-15(21)19(16)22)27-18(25)11-10-17(24)13-6-8-14(28-2)9-7-13/h3-9,12H,10-11H2,1-2H3,(H,23,26). The minimum atomic E-state index is -1.04. The predicted molar refractivity (Wildman–Crippen MR) is 112 cm³/mol. The largest absolute Gasteiger partial charge is 0.453 e. The Morgan fingerprint density at radius 2 is 1.75 bits per heavy atom. The number of halogens is 2. The molecule has 0 bridgehead atoms. The van der Waals surface area contributed by atoms with Gasteiger partial charge in [-0.25, -0.2) is 0 Å². The summed E-state index contributed by atoms with van der Waals surface area (Å²) in [6.07, 6.45) is 0.799. The molecular weight excluding hydrogens is 421 g/mol. The third kappa shape index (κ3) is 6.26. The SMILES string of the molecule is CSc1ccc(C(=O)CCC(=O)OC(C)C(=O)Nc2cccc(Cl)c2Cl)cc1. The smallest absolute Gasteiger partial charge is 0.307 e. The summed E-state index contributed by atoms with van der Waals surface area (Å²) < 4.78 is 5.09. The van der Waals surface area contributed by atoms with Gasteiger partial charge in [-0.05, 0) is 37.4 Å². The molecule has 1 N–H and O–H groups in total. The van der Waals surface area contributed by atoms with Crippen molar-refractivity contribution in [3.05, 3.63) is 58.1 Å². The second kappa shape index (κ2) is 10.5. The van der Waals surface area contributed by atoms with Gasteiger partial charge < -0.3 is 10.1 Å². The van der Waals surface area contributed by atoms with E-state index in [2.05, 4.69) is 5.32 Å². The highest BCUT2D eigenvalue weighted by molar-refractivity contribution is 7.98. The Morgan fingerprint density at radius 1 is 1.07 bits per heavy atom. The quantitative estimate of drug-likeness (QED) is 0.345. The average Bonchev–Trinajstić information content (AvgIpc) is 2.69. The van der Waals surface area contributed by atoms with Gasteiger partial charge in [-0.3, -0.25) is 14.4 Å². The molecule has 0 aromatic heterocycles. The molecule has 5 nitrogen and oxygen atoms in total. The van der Waals surface area contributed by atoms with Crippen molar-refractivity contribution >= 4 is 58.3 Å². The number of anilines is 1. The summed E-state index contributed by atoms with van der Waals surface area (Å²) in [5.74, 6) is -1.34. The Kier molecular flexibility index (Phi) is 8.35. The molecule has 2 aromatic carbocycles. The molecule has 0 saturated heterocycles. The number of thioether (sulfide) groups is 1. The maximum Gasteiger partial charge on any atom is 0.307 e. The second-order valence-corrected chi connectivity index (χ2v) is 7.54. The summed E-state index contributed by atoms with van der Waals surface area (Å²) in [6, 6.07) is 12.0. The molecule has 148 valence electrons. The molecule has 0 saturated carbocycles. The van der Waals surface area contributed by atoms with Crippen molar-refractivity contribution in [1.82, 2.24) is 0 Å². The number of hydrogen-bond acceptors (Lipinski definition) is 5. The van der Waals surface area contributed by atoms with Crippen LogP contribution in [0.2, 0.25) is 10.0 Å². The summed E-state index contributed by atoms with van der Waals surface area (Å²) in [7, 11) is 0. The van der Waals surface area contributed by atoms with E-state index in [0.717, 1.165) is 4.90 Å². The monoisotopic (exact) mass is 439 g/mol. The Labute approximate surface area is 177 Å². The van der Waals surface area contributed by atoms with Crippen LogP contribution in [0.25, 0.3) is 0 Å². The van der Waals surface area contributed by atoms with Gasteiger partial charge in [0.15, 0.2) is 11.9 Å². The van der Waals surface area contributed by atoms with Crippen molar-refractivity contribution in [3.63, 3.8) is 0 Å². The Bertz CT molecular complexity index is 871. The molecule has 0 spiro atoms. The van der Waals surface area contributed by atoms with E-state index in [4.69, 9.17) is 27.9 Å². The van der Waals surface area contributed by atoms with Crippen LogP contribution in [-0.2, 0) is 14.3 Å². The molecule has 8 heteroatoms. The van der Waals surface area contributed by atoms with E-state index in [1.807, 2.05) is 18.4 Å². The minimum absolute atomic E-state index is 0.00586. The Morgan fingerprint density at radius 3 is 2.39 bits per heavy atom. The van der Waals surface area contributed by atoms with Crippen LogP contribution in [-0.4, -0.2) is 30.0 Å². The van der Waals surface area contributed by atoms with Gasteiger partial charge in [0.2, 0.25) is 0 Å². The van der Waals surface area contributed by atoms with Gasteiger partial charge >= 0.3 is 5.97 Å². The van der Waals surface area contributed by atoms with E-state index >= 15 is 0 Å². The molecule has 2 rings (SSSR count). The molecule has 0 heterocycles. The number of benzene rings is 2. The van der Waals surface area contributed by atoms with Crippen molar-refractivity contribution < 1.29 is 19.1 Å². The lowest BCUT2D eigenvalue weighted by Gasteiger charge is -2.14. The maximum atomic E-state index is 12.2. The van der Waals surface area contributed by atoms with Crippen LogP contribution in [0.5, 0.6) is 0 Å². The topological polar surface area (TPSA) is 72.5 Å². The Hall–Kier alpha value is -2.02. The van der Waals surface area contributed by atoms with E-state index in [1.54, 1.807) is 42.1 Å². The van der Waals surface area contributed by atoms with Crippen molar-refractivity contribution in [1.29, 1.82) is 0 Å². The molecule has 0 aliphatic carbocycles. The number of hydrogen-bond donors (Lipinski definition) is 1. The van der Waals surface area contributed by atoms with E-state index in [0.29, 0.717) is 16.3 Å². The molecule has 1 amide bonds. The molecule has 0 fully saturated rings. The van der Waals surface area contributed by atoms with E-state index in [1.165, 1.54) is 6.92 Å². The number of esters is 1. The molecule has 0 aliphatic heterocycles. The third-order valence-corrected chi connectivity index (χ3v) is 5.42. The first-order valence-electron chi connectivity index (χ1n) is 8.43. The summed E-state index contributed by atoms with van der Waals surface area (Å²) in [4.78, 5) is 37.3. The highest BCUT2D eigenvalue weighted by Gasteiger charge is 2.20. The molecule has 0 aliphatic rings. The fourth-order valence-corrected chi connectivity index (χ4v) is 3.04. The van der Waals surface area contributed by atoms with Crippen molar-refractivity contribution in [2.75, 3.05) is 11.6 Å². The van der Waals surface area contributed by atoms with Crippen LogP contribution < -0.4 is 5.32 Å². The zero-order chi connectivity index (χ0) is 20.7. The summed E-state index contributed by atoms with van der Waals surface area (Å²) >= 11 is 13.5. The van der Waals surface area contributed by atoms with Gasteiger partial charge in [-0.1, -0.05) is 41.4 Å². The fourth-order valence-electron chi connectivity index (χ4n) is 2.28. The number of amides is 1. The fraction of sp³-hybridized carbons (Fsp3) is 0.250. The van der Waals surface area contributed by atoms with Gasteiger partial charge in [0, 0.05) is 16.9 Å². The Balaban J connectivity index is 1.83. The summed E-state index contributed by atoms with van der Waals surface area (Å²) in [6.45, 7) is 1.44. The van der Waals surface area contributed by atoms with Crippen LogP contribution in [0, 0.1) is 0 Å². The lowest BCUT2D eigenvalue weighted by molar-refractivity contribution is -0.153. The average molecular weight is 440 g/mol. The summed E-state index contributed by atoms with van der Waals surface area (Å²) in [5, 5.41) is 3.06. The highest BCUT2D eigenvalue weighted by Crippen LogP contribution is 2.29. The highest BCUT2D eigenvalue weighted by atomic mass is 35.5. The number of Topliss-reactive ketones (excluding diaryl/α,β-unsaturated/α-hetero) is 1. The zero-order valence-electron chi connectivity index (χ0n) is 15.3. The molecule has 1 atom stereocenters. The molecule has 1 unspecified atom stereocenters. The molecule has 28 heavy (non-hydrogen) atoms. The van der Waals surface area contributed by atoms with E-state index in [9.17, 15) is 14.4 Å². The zero-order valence-corrected chi connectivity index (χ0v) is 17.7. The number of carbonyl (C=O) groups is 3. The van der Waals surface area contributed by atoms with Crippen LogP contribution in [0.1, 0.15) is 30.1 Å². The molecular formula is C20H19Cl2NO4S. The van der Waals surface area contributed by atoms with Crippen LogP contribution in [0.15, 0.2) is 47.4 Å². The number of rotatable bonds is 8. The van der Waals surface area contributed by atoms with Gasteiger partial charge in [0.25, 0.3) is 5.91 Å².